The zero-order valence-electron chi connectivity index (χ0n) is 5.59. The fourth-order valence-corrected chi connectivity index (χ4v) is 1.05. The molecule has 1 aromatic rings. The number of nitrogens with zero attached hydrogens (tertiary/aromatic N) is 2. The van der Waals surface area contributed by atoms with E-state index in [1.165, 1.54) is 11.3 Å². The topological polar surface area (TPSA) is 63.8 Å². The van der Waals surface area contributed by atoms with Gasteiger partial charge in [-0.2, -0.15) is 0 Å². The number of allylic oxidation sites excluding steroid dienone is 1. The van der Waals surface area contributed by atoms with Gasteiger partial charge in [0.2, 0.25) is 10.3 Å². The molecule has 3 N–H and O–H groups in total. The molecule has 0 atom stereocenters. The van der Waals surface area contributed by atoms with Crippen molar-refractivity contribution in [1.82, 2.24) is 10.2 Å². The fourth-order valence-electron chi connectivity index (χ4n) is 0.468. The van der Waals surface area contributed by atoms with Gasteiger partial charge >= 0.3 is 0 Å². The van der Waals surface area contributed by atoms with Crippen molar-refractivity contribution in [2.45, 2.75) is 6.92 Å². The standard InChI is InChI=1S/C5H8N4S/c1-3(2)7-5-9-8-4(6)10-5/h1H2,2H3,(H2,6,8)(H,7,9). The van der Waals surface area contributed by atoms with E-state index in [-0.39, 0.29) is 0 Å². The molecular weight excluding hydrogens is 148 g/mol. The summed E-state index contributed by atoms with van der Waals surface area (Å²) in [7, 11) is 0. The highest BCUT2D eigenvalue weighted by Gasteiger charge is 1.97. The second-order valence-electron chi connectivity index (χ2n) is 1.85. The van der Waals surface area contributed by atoms with Crippen molar-refractivity contribution in [3.63, 3.8) is 0 Å². The van der Waals surface area contributed by atoms with E-state index >= 15 is 0 Å². The van der Waals surface area contributed by atoms with Crippen LogP contribution in [0.15, 0.2) is 12.3 Å². The van der Waals surface area contributed by atoms with E-state index in [1.54, 1.807) is 0 Å². The van der Waals surface area contributed by atoms with Crippen LogP contribution in [-0.4, -0.2) is 10.2 Å². The molecule has 5 heteroatoms. The Morgan fingerprint density at radius 1 is 1.70 bits per heavy atom. The molecule has 0 amide bonds. The monoisotopic (exact) mass is 156 g/mol. The normalized spacial score (nSPS) is 9.30. The van der Waals surface area contributed by atoms with Crippen LogP contribution in [0.4, 0.5) is 10.3 Å². The second kappa shape index (κ2) is 2.66. The Hall–Kier alpha value is -1.10. The van der Waals surface area contributed by atoms with Gasteiger partial charge in [0.15, 0.2) is 0 Å². The predicted molar refractivity (Wildman–Crippen MR) is 42.8 cm³/mol. The number of anilines is 2. The Morgan fingerprint density at radius 2 is 2.40 bits per heavy atom. The Labute approximate surface area is 62.8 Å². The molecule has 0 aromatic carbocycles. The highest BCUT2D eigenvalue weighted by atomic mass is 32.1. The van der Waals surface area contributed by atoms with Crippen LogP contribution in [0, 0.1) is 0 Å². The van der Waals surface area contributed by atoms with Crippen molar-refractivity contribution in [3.05, 3.63) is 12.3 Å². The Kier molecular flexibility index (Phi) is 1.86. The van der Waals surface area contributed by atoms with Crippen molar-refractivity contribution < 1.29 is 0 Å². The van der Waals surface area contributed by atoms with E-state index in [9.17, 15) is 0 Å². The summed E-state index contributed by atoms with van der Waals surface area (Å²) in [4.78, 5) is 0. The number of nitrogen functional groups attached to an aromatic ring is 1. The molecule has 0 radical (unpaired) electrons. The summed E-state index contributed by atoms with van der Waals surface area (Å²) in [6, 6.07) is 0. The molecule has 4 nitrogen and oxygen atoms in total. The minimum Gasteiger partial charge on any atom is -0.374 e. The molecule has 0 aliphatic heterocycles. The van der Waals surface area contributed by atoms with Crippen molar-refractivity contribution in [3.8, 4) is 0 Å². The molecule has 0 bridgehead atoms. The first-order valence-electron chi connectivity index (χ1n) is 2.70. The third-order valence-electron chi connectivity index (χ3n) is 0.761. The van der Waals surface area contributed by atoms with Gasteiger partial charge < -0.3 is 11.1 Å². The van der Waals surface area contributed by atoms with Crippen LogP contribution in [0.5, 0.6) is 0 Å². The van der Waals surface area contributed by atoms with Crippen LogP contribution in [0.1, 0.15) is 6.92 Å². The summed E-state index contributed by atoms with van der Waals surface area (Å²) >= 11 is 1.30. The van der Waals surface area contributed by atoms with Gasteiger partial charge in [0.05, 0.1) is 0 Å². The number of hydrogen-bond donors (Lipinski definition) is 2. The van der Waals surface area contributed by atoms with E-state index < -0.39 is 0 Å². The molecule has 1 rings (SSSR count). The molecule has 10 heavy (non-hydrogen) atoms. The summed E-state index contributed by atoms with van der Waals surface area (Å²) in [5, 5.41) is 11.4. The number of nitrogens with one attached hydrogen (secondary N) is 1. The molecule has 0 unspecified atom stereocenters. The lowest BCUT2D eigenvalue weighted by molar-refractivity contribution is 1.09. The number of hydrogen-bond acceptors (Lipinski definition) is 5. The maximum absolute atomic E-state index is 5.33. The van der Waals surface area contributed by atoms with Gasteiger partial charge in [-0.3, -0.25) is 0 Å². The van der Waals surface area contributed by atoms with Crippen molar-refractivity contribution in [2.75, 3.05) is 11.1 Å². The third-order valence-corrected chi connectivity index (χ3v) is 1.43. The lowest BCUT2D eigenvalue weighted by Gasteiger charge is -1.95. The summed E-state index contributed by atoms with van der Waals surface area (Å²) < 4.78 is 0. The van der Waals surface area contributed by atoms with E-state index in [2.05, 4.69) is 22.1 Å². The predicted octanol–water partition coefficient (Wildman–Crippen LogP) is 1.07. The smallest absolute Gasteiger partial charge is 0.211 e. The minimum atomic E-state index is 0.462. The fraction of sp³-hybridized carbons (Fsp3) is 0.200. The van der Waals surface area contributed by atoms with Crippen LogP contribution in [-0.2, 0) is 0 Å². The SMILES string of the molecule is C=C(C)Nc1nnc(N)s1. The number of rotatable bonds is 2. The quantitative estimate of drug-likeness (QED) is 0.672. The zero-order chi connectivity index (χ0) is 7.56. The molecular formula is C5H8N4S. The van der Waals surface area contributed by atoms with Crippen molar-refractivity contribution in [2.24, 2.45) is 0 Å². The van der Waals surface area contributed by atoms with Gasteiger partial charge in [0.25, 0.3) is 0 Å². The summed E-state index contributed by atoms with van der Waals surface area (Å²) in [6.45, 7) is 5.49. The highest BCUT2D eigenvalue weighted by molar-refractivity contribution is 7.18. The van der Waals surface area contributed by atoms with E-state index in [1.807, 2.05) is 6.92 Å². The van der Waals surface area contributed by atoms with E-state index in [0.29, 0.717) is 10.3 Å². The zero-order valence-corrected chi connectivity index (χ0v) is 6.40. The van der Waals surface area contributed by atoms with Crippen LogP contribution in [0.2, 0.25) is 0 Å². The van der Waals surface area contributed by atoms with Crippen LogP contribution in [0.25, 0.3) is 0 Å². The maximum atomic E-state index is 5.33. The average molecular weight is 156 g/mol. The molecule has 0 spiro atoms. The van der Waals surface area contributed by atoms with Gasteiger partial charge in [0, 0.05) is 5.70 Å². The molecule has 0 saturated carbocycles. The molecule has 54 valence electrons. The first kappa shape index (κ1) is 7.01. The molecule has 0 aliphatic rings. The van der Waals surface area contributed by atoms with Gasteiger partial charge in [-0.05, 0) is 6.92 Å². The van der Waals surface area contributed by atoms with Gasteiger partial charge in [-0.15, -0.1) is 10.2 Å². The van der Waals surface area contributed by atoms with Gasteiger partial charge in [-0.25, -0.2) is 0 Å². The van der Waals surface area contributed by atoms with Gasteiger partial charge in [0.1, 0.15) is 0 Å². The highest BCUT2D eigenvalue weighted by Crippen LogP contribution is 2.17. The van der Waals surface area contributed by atoms with Crippen LogP contribution >= 0.6 is 11.3 Å². The average Bonchev–Trinajstić information content (AvgIpc) is 2.13. The molecule has 0 saturated heterocycles. The molecule has 1 heterocycles. The van der Waals surface area contributed by atoms with Crippen LogP contribution in [0.3, 0.4) is 0 Å². The van der Waals surface area contributed by atoms with Gasteiger partial charge in [-0.1, -0.05) is 17.9 Å². The minimum absolute atomic E-state index is 0.462. The Morgan fingerprint density at radius 3 is 2.80 bits per heavy atom. The number of nitrogens with two attached hydrogens (primary N) is 1. The molecule has 0 aliphatic carbocycles. The lowest BCUT2D eigenvalue weighted by atomic mass is 10.6. The van der Waals surface area contributed by atoms with Crippen molar-refractivity contribution in [1.29, 1.82) is 0 Å². The number of aromatic nitrogens is 2. The largest absolute Gasteiger partial charge is 0.374 e. The first-order chi connectivity index (χ1) is 4.68. The maximum Gasteiger partial charge on any atom is 0.211 e. The molecule has 1 aromatic heterocycles. The first-order valence-corrected chi connectivity index (χ1v) is 3.51. The van der Waals surface area contributed by atoms with E-state index in [4.69, 9.17) is 5.73 Å². The van der Waals surface area contributed by atoms with Crippen molar-refractivity contribution >= 4 is 21.6 Å². The lowest BCUT2D eigenvalue weighted by Crippen LogP contribution is -1.91. The Balaban J connectivity index is 2.67. The van der Waals surface area contributed by atoms with Crippen LogP contribution < -0.4 is 11.1 Å². The molecule has 0 fully saturated rings. The second-order valence-corrected chi connectivity index (χ2v) is 2.86. The van der Waals surface area contributed by atoms with E-state index in [0.717, 1.165) is 5.70 Å². The summed E-state index contributed by atoms with van der Waals surface area (Å²) in [5.74, 6) is 0. The summed E-state index contributed by atoms with van der Waals surface area (Å²) in [6.07, 6.45) is 0. The summed E-state index contributed by atoms with van der Waals surface area (Å²) in [5.41, 5.74) is 6.16. The third kappa shape index (κ3) is 1.70. The Bertz CT molecular complexity index is 242.